The number of aromatic nitrogens is 1. The van der Waals surface area contributed by atoms with E-state index in [1.165, 1.54) is 41.3 Å². The van der Waals surface area contributed by atoms with Gasteiger partial charge in [-0.05, 0) is 48.0 Å². The standard InChI is InChI=1S/C26H18ClFN2O5/c1-35-15-5-2-13(3-6-15)12-30-24(17-10-14(28)4-8-19(17)27)22-18(26(33)34)11-20-16(23(22)25(30)32)7-9-21(31)29-20/h2-11,24H,12H2,1H3,(H,29,31)(H,33,34). The highest BCUT2D eigenvalue weighted by Crippen LogP contribution is 2.46. The lowest BCUT2D eigenvalue weighted by atomic mass is 9.90. The van der Waals surface area contributed by atoms with Gasteiger partial charge in [-0.15, -0.1) is 0 Å². The Morgan fingerprint density at radius 2 is 1.86 bits per heavy atom. The topological polar surface area (TPSA) is 99.7 Å². The minimum absolute atomic E-state index is 0.0962. The number of nitrogens with one attached hydrogen (secondary N) is 1. The van der Waals surface area contributed by atoms with Gasteiger partial charge in [0.1, 0.15) is 11.6 Å². The molecule has 0 saturated carbocycles. The highest BCUT2D eigenvalue weighted by atomic mass is 35.5. The minimum atomic E-state index is -1.29. The third kappa shape index (κ3) is 3.81. The second-order valence-electron chi connectivity index (χ2n) is 8.15. The van der Waals surface area contributed by atoms with Gasteiger partial charge in [-0.3, -0.25) is 9.59 Å². The Kier molecular flexibility index (Phi) is 5.53. The van der Waals surface area contributed by atoms with Crippen molar-refractivity contribution in [3.05, 3.63) is 110 Å². The molecule has 9 heteroatoms. The predicted molar refractivity (Wildman–Crippen MR) is 128 cm³/mol. The third-order valence-corrected chi connectivity index (χ3v) is 6.47. The number of nitrogens with zero attached hydrogens (tertiary/aromatic N) is 1. The first kappa shape index (κ1) is 22.6. The molecule has 1 amide bonds. The smallest absolute Gasteiger partial charge is 0.336 e. The van der Waals surface area contributed by atoms with Crippen LogP contribution >= 0.6 is 11.6 Å². The maximum Gasteiger partial charge on any atom is 0.336 e. The number of hydrogen-bond donors (Lipinski definition) is 2. The Bertz CT molecular complexity index is 1570. The summed E-state index contributed by atoms with van der Waals surface area (Å²) >= 11 is 6.45. The van der Waals surface area contributed by atoms with Crippen molar-refractivity contribution in [2.75, 3.05) is 7.11 Å². The molecule has 1 aliphatic heterocycles. The van der Waals surface area contributed by atoms with Gasteiger partial charge in [-0.25, -0.2) is 9.18 Å². The lowest BCUT2D eigenvalue weighted by Crippen LogP contribution is -2.29. The number of carboxylic acids is 1. The number of carboxylic acid groups (broad SMARTS) is 1. The third-order valence-electron chi connectivity index (χ3n) is 6.12. The lowest BCUT2D eigenvalue weighted by molar-refractivity contribution is 0.0686. The molecule has 0 spiro atoms. The van der Waals surface area contributed by atoms with Crippen molar-refractivity contribution >= 4 is 34.4 Å². The monoisotopic (exact) mass is 492 g/mol. The van der Waals surface area contributed by atoms with Gasteiger partial charge in [-0.2, -0.15) is 0 Å². The molecule has 3 aromatic carbocycles. The molecule has 0 saturated heterocycles. The van der Waals surface area contributed by atoms with E-state index < -0.39 is 29.3 Å². The first-order chi connectivity index (χ1) is 16.8. The Hall–Kier alpha value is -4.17. The Labute approximate surface area is 203 Å². The number of rotatable bonds is 5. The van der Waals surface area contributed by atoms with Crippen molar-refractivity contribution in [1.29, 1.82) is 0 Å². The Balaban J connectivity index is 1.79. The molecule has 1 aliphatic rings. The van der Waals surface area contributed by atoms with Crippen LogP contribution in [0.5, 0.6) is 5.75 Å². The number of fused-ring (bicyclic) bond motifs is 3. The highest BCUT2D eigenvalue weighted by Gasteiger charge is 2.43. The van der Waals surface area contributed by atoms with E-state index in [-0.39, 0.29) is 39.3 Å². The van der Waals surface area contributed by atoms with Crippen LogP contribution in [0, 0.1) is 5.82 Å². The van der Waals surface area contributed by atoms with Crippen LogP contribution in [0.1, 0.15) is 43.4 Å². The van der Waals surface area contributed by atoms with E-state index in [0.717, 1.165) is 5.56 Å². The van der Waals surface area contributed by atoms with E-state index in [1.807, 2.05) is 0 Å². The number of hydrogen-bond acceptors (Lipinski definition) is 4. The zero-order chi connectivity index (χ0) is 24.9. The maximum atomic E-state index is 14.3. The SMILES string of the molecule is COc1ccc(CN2C(=O)c3c(c(C(=O)O)cc4[nH]c(=O)ccc34)C2c2cc(F)ccc2Cl)cc1. The van der Waals surface area contributed by atoms with Crippen molar-refractivity contribution < 1.29 is 23.8 Å². The molecule has 4 aromatic rings. The summed E-state index contributed by atoms with van der Waals surface area (Å²) < 4.78 is 19.5. The van der Waals surface area contributed by atoms with E-state index >= 15 is 0 Å². The molecule has 0 aliphatic carbocycles. The van der Waals surface area contributed by atoms with Gasteiger partial charge in [0.25, 0.3) is 5.91 Å². The number of methoxy groups -OCH3 is 1. The van der Waals surface area contributed by atoms with E-state index in [9.17, 15) is 23.9 Å². The molecular weight excluding hydrogens is 475 g/mol. The van der Waals surface area contributed by atoms with Gasteiger partial charge in [0.2, 0.25) is 5.56 Å². The largest absolute Gasteiger partial charge is 0.497 e. The van der Waals surface area contributed by atoms with Gasteiger partial charge in [0, 0.05) is 39.7 Å². The predicted octanol–water partition coefficient (Wildman–Crippen LogP) is 4.77. The minimum Gasteiger partial charge on any atom is -0.497 e. The summed E-state index contributed by atoms with van der Waals surface area (Å²) in [5, 5.41) is 10.6. The van der Waals surface area contributed by atoms with Crippen LogP contribution in [-0.4, -0.2) is 34.0 Å². The molecule has 176 valence electrons. The molecule has 5 rings (SSSR count). The molecule has 0 fully saturated rings. The first-order valence-corrected chi connectivity index (χ1v) is 11.0. The van der Waals surface area contributed by atoms with Crippen LogP contribution in [0.4, 0.5) is 4.39 Å². The van der Waals surface area contributed by atoms with Gasteiger partial charge >= 0.3 is 5.97 Å². The quantitative estimate of drug-likeness (QED) is 0.418. The second-order valence-corrected chi connectivity index (χ2v) is 8.56. The van der Waals surface area contributed by atoms with Crippen molar-refractivity contribution in [2.45, 2.75) is 12.6 Å². The van der Waals surface area contributed by atoms with Crippen LogP contribution in [0.15, 0.2) is 65.5 Å². The Morgan fingerprint density at radius 1 is 1.11 bits per heavy atom. The number of ether oxygens (including phenoxy) is 1. The summed E-state index contributed by atoms with van der Waals surface area (Å²) in [7, 11) is 1.54. The first-order valence-electron chi connectivity index (χ1n) is 10.6. The number of aromatic amines is 1. The van der Waals surface area contributed by atoms with Gasteiger partial charge in [0.05, 0.1) is 24.3 Å². The van der Waals surface area contributed by atoms with Crippen molar-refractivity contribution in [2.24, 2.45) is 0 Å². The molecule has 1 aromatic heterocycles. The number of pyridine rings is 1. The maximum absolute atomic E-state index is 14.3. The summed E-state index contributed by atoms with van der Waals surface area (Å²) in [6, 6.07) is 13.9. The average Bonchev–Trinajstić information content (AvgIpc) is 3.12. The average molecular weight is 493 g/mol. The molecule has 7 nitrogen and oxygen atoms in total. The van der Waals surface area contributed by atoms with Crippen LogP contribution in [-0.2, 0) is 6.54 Å². The molecule has 2 heterocycles. The zero-order valence-corrected chi connectivity index (χ0v) is 19.1. The van der Waals surface area contributed by atoms with E-state index in [4.69, 9.17) is 16.3 Å². The summed E-state index contributed by atoms with van der Waals surface area (Å²) in [5.74, 6) is -1.68. The van der Waals surface area contributed by atoms with Gasteiger partial charge in [-0.1, -0.05) is 23.7 Å². The number of carbonyl (C=O) groups excluding carboxylic acids is 1. The Morgan fingerprint density at radius 3 is 2.54 bits per heavy atom. The van der Waals surface area contributed by atoms with Gasteiger partial charge < -0.3 is 19.7 Å². The zero-order valence-electron chi connectivity index (χ0n) is 18.3. The molecular formula is C26H18ClFN2O5. The van der Waals surface area contributed by atoms with Crippen LogP contribution in [0.2, 0.25) is 5.02 Å². The van der Waals surface area contributed by atoms with Crippen LogP contribution < -0.4 is 10.3 Å². The number of benzene rings is 3. The fourth-order valence-corrected chi connectivity index (χ4v) is 4.79. The van der Waals surface area contributed by atoms with Crippen LogP contribution in [0.25, 0.3) is 10.9 Å². The fraction of sp³-hybridized carbons (Fsp3) is 0.115. The molecule has 1 atom stereocenters. The summed E-state index contributed by atoms with van der Waals surface area (Å²) in [6.07, 6.45) is 0. The lowest BCUT2D eigenvalue weighted by Gasteiger charge is -2.27. The van der Waals surface area contributed by atoms with Crippen molar-refractivity contribution in [3.8, 4) is 5.75 Å². The van der Waals surface area contributed by atoms with Crippen molar-refractivity contribution in [1.82, 2.24) is 9.88 Å². The van der Waals surface area contributed by atoms with E-state index in [2.05, 4.69) is 4.98 Å². The summed E-state index contributed by atoms with van der Waals surface area (Å²) in [4.78, 5) is 42.1. The number of H-pyrrole nitrogens is 1. The molecule has 2 N–H and O–H groups in total. The van der Waals surface area contributed by atoms with E-state index in [1.54, 1.807) is 31.4 Å². The van der Waals surface area contributed by atoms with Crippen LogP contribution in [0.3, 0.4) is 0 Å². The number of amides is 1. The van der Waals surface area contributed by atoms with Crippen molar-refractivity contribution in [3.63, 3.8) is 0 Å². The number of aromatic carboxylic acids is 1. The highest BCUT2D eigenvalue weighted by molar-refractivity contribution is 6.31. The summed E-state index contributed by atoms with van der Waals surface area (Å²) in [6.45, 7) is 0.0962. The number of halogens is 2. The molecule has 0 radical (unpaired) electrons. The fourth-order valence-electron chi connectivity index (χ4n) is 4.57. The summed E-state index contributed by atoms with van der Waals surface area (Å²) in [5.41, 5.74) is 0.956. The molecule has 0 bridgehead atoms. The molecule has 35 heavy (non-hydrogen) atoms. The van der Waals surface area contributed by atoms with Gasteiger partial charge in [0.15, 0.2) is 0 Å². The number of carbonyl (C=O) groups is 2. The second kappa shape index (κ2) is 8.56. The normalized spacial score (nSPS) is 14.9. The molecule has 1 unspecified atom stereocenters. The van der Waals surface area contributed by atoms with E-state index in [0.29, 0.717) is 11.1 Å².